The van der Waals surface area contributed by atoms with Gasteiger partial charge in [-0.2, -0.15) is 5.21 Å². The van der Waals surface area contributed by atoms with E-state index in [9.17, 15) is 4.39 Å². The molecule has 5 rings (SSSR count). The lowest BCUT2D eigenvalue weighted by atomic mass is 9.77. The molecule has 2 heterocycles. The molecule has 0 bridgehead atoms. The molecule has 148 valence electrons. The summed E-state index contributed by atoms with van der Waals surface area (Å²) < 4.78 is 13.5. The first-order valence-corrected chi connectivity index (χ1v) is 10.4. The number of nitrogens with one attached hydrogen (secondary N) is 1. The van der Waals surface area contributed by atoms with Crippen molar-refractivity contribution in [2.24, 2.45) is 17.8 Å². The summed E-state index contributed by atoms with van der Waals surface area (Å²) in [5, 5.41) is 15.0. The van der Waals surface area contributed by atoms with E-state index < -0.39 is 0 Å². The van der Waals surface area contributed by atoms with Gasteiger partial charge in [-0.25, -0.2) is 4.39 Å². The number of benzene rings is 1. The van der Waals surface area contributed by atoms with Gasteiger partial charge in [0, 0.05) is 17.7 Å². The number of pyridine rings is 1. The van der Waals surface area contributed by atoms with E-state index in [4.69, 9.17) is 0 Å². The second-order valence-corrected chi connectivity index (χ2v) is 8.24. The van der Waals surface area contributed by atoms with Gasteiger partial charge in [-0.3, -0.25) is 4.98 Å². The summed E-state index contributed by atoms with van der Waals surface area (Å²) in [4.78, 5) is 4.58. The molecule has 1 aromatic carbocycles. The second-order valence-electron chi connectivity index (χ2n) is 8.24. The molecule has 0 radical (unpaired) electrons. The predicted octanol–water partition coefficient (Wildman–Crippen LogP) is 5.02. The van der Waals surface area contributed by atoms with E-state index in [1.54, 1.807) is 6.07 Å². The van der Waals surface area contributed by atoms with Crippen LogP contribution in [0, 0.1) is 23.6 Å². The summed E-state index contributed by atoms with van der Waals surface area (Å²) in [7, 11) is 0. The van der Waals surface area contributed by atoms with Crippen molar-refractivity contribution in [1.29, 1.82) is 0 Å². The number of rotatable bonds is 4. The van der Waals surface area contributed by atoms with Crippen LogP contribution in [0.2, 0.25) is 0 Å². The van der Waals surface area contributed by atoms with Gasteiger partial charge < -0.3 is 0 Å². The van der Waals surface area contributed by atoms with Gasteiger partial charge in [-0.05, 0) is 60.4 Å². The molecule has 2 aliphatic carbocycles. The van der Waals surface area contributed by atoms with Crippen LogP contribution in [-0.4, -0.2) is 25.6 Å². The fourth-order valence-electron chi connectivity index (χ4n) is 5.25. The third kappa shape index (κ3) is 3.71. The first kappa shape index (κ1) is 18.2. The number of tetrazole rings is 1. The Labute approximate surface area is 169 Å². The number of H-pyrrole nitrogens is 1. The summed E-state index contributed by atoms with van der Waals surface area (Å²) >= 11 is 0. The van der Waals surface area contributed by atoms with Crippen LogP contribution in [0.15, 0.2) is 48.7 Å². The van der Waals surface area contributed by atoms with Crippen LogP contribution in [0.1, 0.15) is 49.5 Å². The minimum absolute atomic E-state index is 0.234. The van der Waals surface area contributed by atoms with Crippen molar-refractivity contribution in [2.75, 3.05) is 0 Å². The standard InChI is InChI=1S/C23H24FN5/c24-18-6-3-5-15(12-18)17-8-9-19(25-14-17)10-11-21-20-7-2-1-4-16(20)13-22(21)23-26-28-29-27-23/h3,5-6,8-12,14,16,20-22H,1-2,4,7,13H2,(H,26,27,28,29)/t16-,20-,21+,22+/m1/s1. The summed E-state index contributed by atoms with van der Waals surface area (Å²) in [5.74, 6) is 2.79. The normalized spacial score (nSPS) is 26.7. The summed E-state index contributed by atoms with van der Waals surface area (Å²) in [6, 6.07) is 10.6. The van der Waals surface area contributed by atoms with Crippen molar-refractivity contribution in [3.8, 4) is 11.1 Å². The number of aromatic amines is 1. The van der Waals surface area contributed by atoms with E-state index in [0.717, 1.165) is 35.0 Å². The molecular weight excluding hydrogens is 365 g/mol. The van der Waals surface area contributed by atoms with Gasteiger partial charge in [0.25, 0.3) is 0 Å². The highest BCUT2D eigenvalue weighted by atomic mass is 19.1. The minimum atomic E-state index is -0.234. The molecule has 0 amide bonds. The maximum atomic E-state index is 13.5. The van der Waals surface area contributed by atoms with Gasteiger partial charge in [-0.15, -0.1) is 10.2 Å². The fraction of sp³-hybridized carbons (Fsp3) is 0.391. The van der Waals surface area contributed by atoms with Crippen molar-refractivity contribution in [1.82, 2.24) is 25.6 Å². The average molecular weight is 389 g/mol. The highest BCUT2D eigenvalue weighted by Crippen LogP contribution is 2.52. The lowest BCUT2D eigenvalue weighted by Crippen LogP contribution is -2.19. The van der Waals surface area contributed by atoms with Crippen molar-refractivity contribution < 1.29 is 4.39 Å². The molecule has 2 fully saturated rings. The zero-order valence-corrected chi connectivity index (χ0v) is 16.2. The smallest absolute Gasteiger partial charge is 0.178 e. The van der Waals surface area contributed by atoms with Gasteiger partial charge in [0.2, 0.25) is 0 Å². The quantitative estimate of drug-likeness (QED) is 0.680. The fourth-order valence-corrected chi connectivity index (χ4v) is 5.25. The van der Waals surface area contributed by atoms with E-state index in [-0.39, 0.29) is 5.82 Å². The lowest BCUT2D eigenvalue weighted by Gasteiger charge is -2.28. The number of fused-ring (bicyclic) bond motifs is 1. The lowest BCUT2D eigenvalue weighted by molar-refractivity contribution is 0.249. The van der Waals surface area contributed by atoms with Gasteiger partial charge >= 0.3 is 0 Å². The van der Waals surface area contributed by atoms with Gasteiger partial charge in [-0.1, -0.05) is 48.8 Å². The molecule has 2 aliphatic rings. The van der Waals surface area contributed by atoms with E-state index in [1.165, 1.54) is 37.8 Å². The first-order valence-electron chi connectivity index (χ1n) is 10.4. The molecule has 3 aromatic rings. The zero-order valence-electron chi connectivity index (χ0n) is 16.2. The average Bonchev–Trinajstić information content (AvgIpc) is 3.40. The second kappa shape index (κ2) is 7.85. The van der Waals surface area contributed by atoms with E-state index in [2.05, 4.69) is 37.8 Å². The molecule has 2 aromatic heterocycles. The number of aromatic nitrogens is 5. The van der Waals surface area contributed by atoms with Crippen LogP contribution in [0.5, 0.6) is 0 Å². The largest absolute Gasteiger partial charge is 0.256 e. The SMILES string of the molecule is Fc1cccc(-c2ccc(C=C[C@H]3[C@@H]4CCCC[C@@H]4C[C@@H]3c3nn[nH]n3)nc2)c1. The molecule has 0 unspecified atom stereocenters. The number of hydrogen-bond acceptors (Lipinski definition) is 4. The number of halogens is 1. The molecule has 29 heavy (non-hydrogen) atoms. The van der Waals surface area contributed by atoms with Gasteiger partial charge in [0.05, 0.1) is 5.69 Å². The van der Waals surface area contributed by atoms with E-state index in [0.29, 0.717) is 17.8 Å². The maximum absolute atomic E-state index is 13.5. The van der Waals surface area contributed by atoms with Gasteiger partial charge in [0.15, 0.2) is 5.82 Å². The third-order valence-corrected chi connectivity index (χ3v) is 6.61. The van der Waals surface area contributed by atoms with Crippen molar-refractivity contribution in [2.45, 2.75) is 38.0 Å². The highest BCUT2D eigenvalue weighted by molar-refractivity contribution is 5.63. The van der Waals surface area contributed by atoms with Crippen LogP contribution < -0.4 is 0 Å². The first-order chi connectivity index (χ1) is 14.3. The Kier molecular flexibility index (Phi) is 4.92. The van der Waals surface area contributed by atoms with Gasteiger partial charge in [0.1, 0.15) is 5.82 Å². The van der Waals surface area contributed by atoms with Crippen molar-refractivity contribution >= 4 is 6.08 Å². The van der Waals surface area contributed by atoms with E-state index in [1.807, 2.05) is 24.4 Å². The third-order valence-electron chi connectivity index (χ3n) is 6.61. The summed E-state index contributed by atoms with van der Waals surface area (Å²) in [6.45, 7) is 0. The van der Waals surface area contributed by atoms with Crippen LogP contribution in [0.25, 0.3) is 17.2 Å². The van der Waals surface area contributed by atoms with Crippen LogP contribution in [0.4, 0.5) is 4.39 Å². The van der Waals surface area contributed by atoms with Crippen molar-refractivity contribution in [3.05, 3.63) is 66.0 Å². The maximum Gasteiger partial charge on any atom is 0.178 e. The molecule has 4 atom stereocenters. The molecule has 1 N–H and O–H groups in total. The zero-order chi connectivity index (χ0) is 19.6. The molecule has 5 nitrogen and oxygen atoms in total. The Hall–Kier alpha value is -2.89. The monoisotopic (exact) mass is 389 g/mol. The topological polar surface area (TPSA) is 67.3 Å². The molecule has 0 saturated heterocycles. The highest BCUT2D eigenvalue weighted by Gasteiger charge is 2.44. The molecule has 6 heteroatoms. The minimum Gasteiger partial charge on any atom is -0.256 e. The number of nitrogens with zero attached hydrogens (tertiary/aromatic N) is 4. The number of allylic oxidation sites excluding steroid dienone is 1. The Morgan fingerprint density at radius 2 is 2.00 bits per heavy atom. The molecule has 2 saturated carbocycles. The van der Waals surface area contributed by atoms with E-state index >= 15 is 0 Å². The molecule has 0 aliphatic heterocycles. The summed E-state index contributed by atoms with van der Waals surface area (Å²) in [5.41, 5.74) is 2.67. The predicted molar refractivity (Wildman–Crippen MR) is 109 cm³/mol. The Balaban J connectivity index is 1.37. The molecular formula is C23H24FN5. The Morgan fingerprint density at radius 3 is 2.79 bits per heavy atom. The summed E-state index contributed by atoms with van der Waals surface area (Å²) in [6.07, 6.45) is 12.6. The Bertz CT molecular complexity index is 983. The van der Waals surface area contributed by atoms with Crippen molar-refractivity contribution in [3.63, 3.8) is 0 Å². The van der Waals surface area contributed by atoms with Crippen LogP contribution in [0.3, 0.4) is 0 Å². The molecule has 0 spiro atoms. The number of hydrogen-bond donors (Lipinski definition) is 1. The van der Waals surface area contributed by atoms with Crippen LogP contribution >= 0.6 is 0 Å². The Morgan fingerprint density at radius 1 is 1.07 bits per heavy atom. The van der Waals surface area contributed by atoms with Crippen LogP contribution in [-0.2, 0) is 0 Å².